The van der Waals surface area contributed by atoms with Gasteiger partial charge in [-0.25, -0.2) is 29.9 Å². The molecular formula is C21H18N8OS. The fraction of sp³-hybridized carbons (Fsp3) is 0.143. The summed E-state index contributed by atoms with van der Waals surface area (Å²) in [4.78, 5) is 26.1. The van der Waals surface area contributed by atoms with Crippen LogP contribution in [0.5, 0.6) is 11.5 Å². The number of hydrogen-bond donors (Lipinski definition) is 1. The van der Waals surface area contributed by atoms with Crippen LogP contribution in [0.3, 0.4) is 0 Å². The average molecular weight is 430 g/mol. The molecule has 9 nitrogen and oxygen atoms in total. The number of nitrogens with one attached hydrogen (secondary N) is 1. The SMILES string of the molecule is CSc1ncc2ncnc(Nc3ccc(Oc4cnc5c(c4)ncn5C)c(C)c3)c2n1. The molecule has 4 aromatic heterocycles. The lowest BCUT2D eigenvalue weighted by molar-refractivity contribution is 0.477. The predicted molar refractivity (Wildman–Crippen MR) is 120 cm³/mol. The maximum atomic E-state index is 6.04. The Bertz CT molecular complexity index is 1420. The van der Waals surface area contributed by atoms with Gasteiger partial charge in [-0.1, -0.05) is 11.8 Å². The number of nitrogens with zero attached hydrogens (tertiary/aromatic N) is 7. The molecule has 0 fully saturated rings. The number of imidazole rings is 1. The molecule has 0 aliphatic carbocycles. The molecule has 5 rings (SSSR count). The maximum absolute atomic E-state index is 6.04. The molecule has 5 aromatic rings. The van der Waals surface area contributed by atoms with E-state index in [1.165, 1.54) is 18.1 Å². The fourth-order valence-electron chi connectivity index (χ4n) is 3.19. The van der Waals surface area contributed by atoms with E-state index in [0.717, 1.165) is 28.2 Å². The van der Waals surface area contributed by atoms with E-state index in [4.69, 9.17) is 4.74 Å². The standard InChI is InChI=1S/C21H18N8OS/c1-12-6-13(27-19-18-16(24-10-25-19)9-23-21(28-18)31-3)4-5-17(12)30-14-7-15-20(22-8-14)29(2)11-26-15/h4-11H,1-3H3,(H,24,25,27). The van der Waals surface area contributed by atoms with Crippen LogP contribution in [-0.4, -0.2) is 40.7 Å². The first-order valence-corrected chi connectivity index (χ1v) is 10.7. The predicted octanol–water partition coefficient (Wildman–Crippen LogP) is 4.27. The Morgan fingerprint density at radius 2 is 1.90 bits per heavy atom. The third-order valence-electron chi connectivity index (χ3n) is 4.73. The van der Waals surface area contributed by atoms with E-state index in [-0.39, 0.29) is 0 Å². The van der Waals surface area contributed by atoms with Crippen LogP contribution in [0, 0.1) is 6.92 Å². The number of rotatable bonds is 5. The van der Waals surface area contributed by atoms with Gasteiger partial charge in [0.1, 0.15) is 34.4 Å². The van der Waals surface area contributed by atoms with Crippen LogP contribution in [0.4, 0.5) is 11.5 Å². The van der Waals surface area contributed by atoms with Crippen molar-refractivity contribution < 1.29 is 4.74 Å². The molecule has 10 heteroatoms. The highest BCUT2D eigenvalue weighted by atomic mass is 32.2. The minimum atomic E-state index is 0.626. The number of anilines is 2. The Kier molecular flexibility index (Phi) is 4.83. The van der Waals surface area contributed by atoms with E-state index in [0.29, 0.717) is 27.8 Å². The van der Waals surface area contributed by atoms with Crippen LogP contribution >= 0.6 is 11.8 Å². The molecule has 0 unspecified atom stereocenters. The van der Waals surface area contributed by atoms with Gasteiger partial charge in [-0.2, -0.15) is 0 Å². The van der Waals surface area contributed by atoms with Crippen LogP contribution in [0.15, 0.2) is 54.5 Å². The van der Waals surface area contributed by atoms with Crippen LogP contribution in [0.1, 0.15) is 5.56 Å². The lowest BCUT2D eigenvalue weighted by Crippen LogP contribution is -2.00. The van der Waals surface area contributed by atoms with Crippen molar-refractivity contribution in [3.05, 3.63) is 54.9 Å². The van der Waals surface area contributed by atoms with Crippen molar-refractivity contribution >= 4 is 45.5 Å². The minimum Gasteiger partial charge on any atom is -0.455 e. The zero-order valence-corrected chi connectivity index (χ0v) is 17.9. The van der Waals surface area contributed by atoms with Gasteiger partial charge in [0.25, 0.3) is 0 Å². The molecule has 4 heterocycles. The fourth-order valence-corrected chi connectivity index (χ4v) is 3.53. The quantitative estimate of drug-likeness (QED) is 0.323. The van der Waals surface area contributed by atoms with Crippen LogP contribution in [0.2, 0.25) is 0 Å². The number of thioether (sulfide) groups is 1. The van der Waals surface area contributed by atoms with Crippen molar-refractivity contribution in [3.8, 4) is 11.5 Å². The van der Waals surface area contributed by atoms with E-state index in [2.05, 4.69) is 35.2 Å². The highest BCUT2D eigenvalue weighted by Crippen LogP contribution is 2.30. The molecule has 0 atom stereocenters. The second-order valence-electron chi connectivity index (χ2n) is 6.89. The number of aryl methyl sites for hydroxylation is 2. The highest BCUT2D eigenvalue weighted by Gasteiger charge is 2.10. The van der Waals surface area contributed by atoms with Gasteiger partial charge >= 0.3 is 0 Å². The Labute approximate surface area is 182 Å². The van der Waals surface area contributed by atoms with Crippen molar-refractivity contribution in [1.82, 2.24) is 34.5 Å². The monoisotopic (exact) mass is 430 g/mol. The molecule has 31 heavy (non-hydrogen) atoms. The van der Waals surface area contributed by atoms with Crippen LogP contribution in [0.25, 0.3) is 22.2 Å². The summed E-state index contributed by atoms with van der Waals surface area (Å²) in [5.74, 6) is 2.00. The number of hydrogen-bond acceptors (Lipinski definition) is 9. The minimum absolute atomic E-state index is 0.626. The first-order valence-electron chi connectivity index (χ1n) is 9.45. The van der Waals surface area contributed by atoms with Gasteiger partial charge in [0.15, 0.2) is 16.6 Å². The summed E-state index contributed by atoms with van der Waals surface area (Å²) in [5.41, 5.74) is 4.79. The van der Waals surface area contributed by atoms with Gasteiger partial charge < -0.3 is 14.6 Å². The van der Waals surface area contributed by atoms with Crippen molar-refractivity contribution in [1.29, 1.82) is 0 Å². The van der Waals surface area contributed by atoms with E-state index >= 15 is 0 Å². The smallest absolute Gasteiger partial charge is 0.188 e. The molecule has 0 radical (unpaired) electrons. The summed E-state index contributed by atoms with van der Waals surface area (Å²) < 4.78 is 7.91. The molecule has 0 saturated carbocycles. The second-order valence-corrected chi connectivity index (χ2v) is 7.66. The van der Waals surface area contributed by atoms with E-state index in [1.54, 1.807) is 18.7 Å². The molecule has 1 N–H and O–H groups in total. The summed E-state index contributed by atoms with van der Waals surface area (Å²) in [7, 11) is 1.91. The zero-order chi connectivity index (χ0) is 21.4. The van der Waals surface area contributed by atoms with Crippen LogP contribution in [-0.2, 0) is 7.05 Å². The lowest BCUT2D eigenvalue weighted by Gasteiger charge is -2.12. The van der Waals surface area contributed by atoms with Gasteiger partial charge in [0.05, 0.1) is 18.7 Å². The summed E-state index contributed by atoms with van der Waals surface area (Å²) in [6, 6.07) is 7.71. The Balaban J connectivity index is 1.41. The van der Waals surface area contributed by atoms with E-state index in [9.17, 15) is 0 Å². The summed E-state index contributed by atoms with van der Waals surface area (Å²) >= 11 is 1.47. The largest absolute Gasteiger partial charge is 0.455 e. The summed E-state index contributed by atoms with van der Waals surface area (Å²) in [6.07, 6.45) is 8.57. The Morgan fingerprint density at radius 1 is 1.00 bits per heavy atom. The normalized spacial score (nSPS) is 11.2. The number of benzene rings is 1. The summed E-state index contributed by atoms with van der Waals surface area (Å²) in [5, 5.41) is 4.00. The van der Waals surface area contributed by atoms with Crippen molar-refractivity contribution in [2.45, 2.75) is 12.1 Å². The molecule has 0 spiro atoms. The van der Waals surface area contributed by atoms with E-state index < -0.39 is 0 Å². The molecule has 1 aromatic carbocycles. The van der Waals surface area contributed by atoms with Gasteiger partial charge in [0.2, 0.25) is 0 Å². The average Bonchev–Trinajstić information content (AvgIpc) is 3.15. The maximum Gasteiger partial charge on any atom is 0.188 e. The van der Waals surface area contributed by atoms with Gasteiger partial charge in [-0.3, -0.25) is 0 Å². The molecule has 0 aliphatic rings. The lowest BCUT2D eigenvalue weighted by atomic mass is 10.2. The molecule has 0 bridgehead atoms. The number of aromatic nitrogens is 7. The third kappa shape index (κ3) is 3.73. The molecule has 154 valence electrons. The first-order chi connectivity index (χ1) is 15.1. The Morgan fingerprint density at radius 3 is 2.74 bits per heavy atom. The highest BCUT2D eigenvalue weighted by molar-refractivity contribution is 7.98. The third-order valence-corrected chi connectivity index (χ3v) is 5.29. The second kappa shape index (κ2) is 7.80. The Hall–Kier alpha value is -3.79. The van der Waals surface area contributed by atoms with Crippen molar-refractivity contribution in [3.63, 3.8) is 0 Å². The van der Waals surface area contributed by atoms with Crippen LogP contribution < -0.4 is 10.1 Å². The molecule has 0 aliphatic heterocycles. The molecule has 0 amide bonds. The van der Waals surface area contributed by atoms with E-state index in [1.807, 2.05) is 49.1 Å². The number of fused-ring (bicyclic) bond motifs is 2. The topological polar surface area (TPSA) is 104 Å². The zero-order valence-electron chi connectivity index (χ0n) is 17.1. The number of ether oxygens (including phenoxy) is 1. The number of pyridine rings is 1. The summed E-state index contributed by atoms with van der Waals surface area (Å²) in [6.45, 7) is 1.99. The first kappa shape index (κ1) is 19.2. The van der Waals surface area contributed by atoms with Crippen molar-refractivity contribution in [2.75, 3.05) is 11.6 Å². The molecule has 0 saturated heterocycles. The van der Waals surface area contributed by atoms with Crippen molar-refractivity contribution in [2.24, 2.45) is 7.05 Å². The van der Waals surface area contributed by atoms with Gasteiger partial charge in [-0.05, 0) is 36.9 Å². The van der Waals surface area contributed by atoms with Gasteiger partial charge in [-0.15, -0.1) is 0 Å². The molecular weight excluding hydrogens is 412 g/mol. The van der Waals surface area contributed by atoms with Gasteiger partial charge in [0, 0.05) is 18.8 Å².